The van der Waals surface area contributed by atoms with Crippen molar-refractivity contribution in [2.45, 2.75) is 17.4 Å². The maximum atomic E-state index is 12.8. The first-order chi connectivity index (χ1) is 13.1. The average molecular weight is 402 g/mol. The number of nitrogens with zero attached hydrogens (tertiary/aromatic N) is 1. The number of sulfonamides is 1. The lowest BCUT2D eigenvalue weighted by atomic mass is 9.92. The van der Waals surface area contributed by atoms with E-state index >= 15 is 0 Å². The number of primary sulfonamides is 1. The predicted molar refractivity (Wildman–Crippen MR) is 100 cm³/mol. The number of urea groups is 1. The van der Waals surface area contributed by atoms with Crippen molar-refractivity contribution >= 4 is 33.6 Å². The van der Waals surface area contributed by atoms with Crippen molar-refractivity contribution in [1.82, 2.24) is 10.2 Å². The van der Waals surface area contributed by atoms with Gasteiger partial charge in [-0.25, -0.2) is 18.4 Å². The molecule has 4 N–H and O–H groups in total. The quantitative estimate of drug-likeness (QED) is 0.633. The second-order valence-electron chi connectivity index (χ2n) is 6.43. The molecule has 2 aromatic rings. The largest absolute Gasteiger partial charge is 0.325 e. The van der Waals surface area contributed by atoms with Gasteiger partial charge in [-0.15, -0.1) is 0 Å². The van der Waals surface area contributed by atoms with E-state index in [9.17, 15) is 22.8 Å². The SMILES string of the molecule is C[C@]1(c2ccccc2)NC(=O)N(CC(=O)Nc2ccc(S(N)(=O)=O)cc2)C1=O. The van der Waals surface area contributed by atoms with E-state index in [-0.39, 0.29) is 4.90 Å². The predicted octanol–water partition coefficient (Wildman–Crippen LogP) is 0.740. The molecule has 4 amide bonds. The molecule has 1 heterocycles. The third-order valence-electron chi connectivity index (χ3n) is 4.39. The van der Waals surface area contributed by atoms with Gasteiger partial charge >= 0.3 is 6.03 Å². The van der Waals surface area contributed by atoms with E-state index in [2.05, 4.69) is 10.6 Å². The summed E-state index contributed by atoms with van der Waals surface area (Å²) in [5.41, 5.74) is -0.347. The molecule has 1 atom stereocenters. The van der Waals surface area contributed by atoms with E-state index in [1.54, 1.807) is 37.3 Å². The van der Waals surface area contributed by atoms with Crippen LogP contribution in [0, 0.1) is 0 Å². The lowest BCUT2D eigenvalue weighted by Crippen LogP contribution is -2.42. The number of amides is 4. The fourth-order valence-electron chi connectivity index (χ4n) is 2.88. The molecule has 1 saturated heterocycles. The summed E-state index contributed by atoms with van der Waals surface area (Å²) in [6.07, 6.45) is 0. The molecular formula is C18H18N4O5S. The minimum absolute atomic E-state index is 0.0989. The van der Waals surface area contributed by atoms with Crippen LogP contribution in [0.25, 0.3) is 0 Å². The number of nitrogens with two attached hydrogens (primary N) is 1. The molecule has 3 rings (SSSR count). The van der Waals surface area contributed by atoms with Crippen molar-refractivity contribution in [3.8, 4) is 0 Å². The van der Waals surface area contributed by atoms with Crippen LogP contribution >= 0.6 is 0 Å². The lowest BCUT2D eigenvalue weighted by Gasteiger charge is -2.22. The van der Waals surface area contributed by atoms with Gasteiger partial charge in [-0.1, -0.05) is 30.3 Å². The third kappa shape index (κ3) is 3.73. The Kier molecular flexibility index (Phi) is 4.92. The molecule has 0 spiro atoms. The molecule has 146 valence electrons. The molecule has 0 unspecified atom stereocenters. The Labute approximate surface area is 161 Å². The van der Waals surface area contributed by atoms with Crippen LogP contribution in [-0.2, 0) is 25.2 Å². The Morgan fingerprint density at radius 2 is 1.71 bits per heavy atom. The highest BCUT2D eigenvalue weighted by Crippen LogP contribution is 2.28. The molecule has 1 aliphatic rings. The van der Waals surface area contributed by atoms with Gasteiger partial charge in [0.25, 0.3) is 5.91 Å². The smallest absolute Gasteiger partial charge is 0.325 e. The van der Waals surface area contributed by atoms with Gasteiger partial charge in [-0.05, 0) is 36.8 Å². The second-order valence-corrected chi connectivity index (χ2v) is 7.99. The Morgan fingerprint density at radius 3 is 2.29 bits per heavy atom. The summed E-state index contributed by atoms with van der Waals surface area (Å²) in [6.45, 7) is 1.09. The molecule has 0 radical (unpaired) electrons. The normalized spacial score (nSPS) is 19.4. The number of carbonyl (C=O) groups excluding carboxylic acids is 3. The van der Waals surface area contributed by atoms with E-state index in [0.29, 0.717) is 11.3 Å². The highest BCUT2D eigenvalue weighted by molar-refractivity contribution is 7.89. The van der Waals surface area contributed by atoms with Gasteiger partial charge in [0.15, 0.2) is 0 Å². The van der Waals surface area contributed by atoms with E-state index in [1.807, 2.05) is 0 Å². The zero-order valence-electron chi connectivity index (χ0n) is 14.9. The zero-order chi connectivity index (χ0) is 20.5. The number of rotatable bonds is 5. The van der Waals surface area contributed by atoms with Gasteiger partial charge in [0.1, 0.15) is 12.1 Å². The highest BCUT2D eigenvalue weighted by Gasteiger charge is 2.49. The molecular weight excluding hydrogens is 384 g/mol. The Balaban J connectivity index is 1.70. The first-order valence-electron chi connectivity index (χ1n) is 8.23. The first kappa shape index (κ1) is 19.5. The number of benzene rings is 2. The van der Waals surface area contributed by atoms with E-state index in [0.717, 1.165) is 4.90 Å². The van der Waals surface area contributed by atoms with Crippen LogP contribution in [0.3, 0.4) is 0 Å². The summed E-state index contributed by atoms with van der Waals surface area (Å²) in [6, 6.07) is 13.3. The summed E-state index contributed by atoms with van der Waals surface area (Å²) in [4.78, 5) is 38.0. The minimum Gasteiger partial charge on any atom is -0.325 e. The average Bonchev–Trinajstić information content (AvgIpc) is 2.86. The monoisotopic (exact) mass is 402 g/mol. The van der Waals surface area contributed by atoms with Gasteiger partial charge in [-0.3, -0.25) is 14.5 Å². The fraction of sp³-hybridized carbons (Fsp3) is 0.167. The topological polar surface area (TPSA) is 139 Å². The van der Waals surface area contributed by atoms with Gasteiger partial charge < -0.3 is 10.6 Å². The van der Waals surface area contributed by atoms with Gasteiger partial charge in [0.2, 0.25) is 15.9 Å². The summed E-state index contributed by atoms with van der Waals surface area (Å²) in [7, 11) is -3.84. The molecule has 2 aromatic carbocycles. The Bertz CT molecular complexity index is 1040. The van der Waals surface area contributed by atoms with E-state index in [4.69, 9.17) is 5.14 Å². The van der Waals surface area contributed by atoms with Crippen LogP contribution in [0.5, 0.6) is 0 Å². The molecule has 10 heteroatoms. The number of hydrogen-bond donors (Lipinski definition) is 3. The van der Waals surface area contributed by atoms with Crippen molar-refractivity contribution in [3.05, 3.63) is 60.2 Å². The van der Waals surface area contributed by atoms with Crippen molar-refractivity contribution < 1.29 is 22.8 Å². The number of carbonyl (C=O) groups is 3. The van der Waals surface area contributed by atoms with Gasteiger partial charge in [0, 0.05) is 5.69 Å². The number of anilines is 1. The maximum Gasteiger partial charge on any atom is 0.325 e. The van der Waals surface area contributed by atoms with E-state index < -0.39 is 40.0 Å². The zero-order valence-corrected chi connectivity index (χ0v) is 15.7. The summed E-state index contributed by atoms with van der Waals surface area (Å²) in [5, 5.41) is 10.1. The van der Waals surface area contributed by atoms with Crippen LogP contribution in [0.2, 0.25) is 0 Å². The molecule has 1 aliphatic heterocycles. The van der Waals surface area contributed by atoms with Crippen molar-refractivity contribution in [2.24, 2.45) is 5.14 Å². The van der Waals surface area contributed by atoms with Crippen LogP contribution in [0.15, 0.2) is 59.5 Å². The summed E-state index contributed by atoms with van der Waals surface area (Å²) < 4.78 is 22.5. The van der Waals surface area contributed by atoms with Crippen LogP contribution < -0.4 is 15.8 Å². The second kappa shape index (κ2) is 7.06. The van der Waals surface area contributed by atoms with Crippen molar-refractivity contribution in [2.75, 3.05) is 11.9 Å². The molecule has 0 bridgehead atoms. The maximum absolute atomic E-state index is 12.8. The van der Waals surface area contributed by atoms with Crippen molar-refractivity contribution in [1.29, 1.82) is 0 Å². The molecule has 0 aromatic heterocycles. The molecule has 1 fully saturated rings. The highest BCUT2D eigenvalue weighted by atomic mass is 32.2. The summed E-state index contributed by atoms with van der Waals surface area (Å²) >= 11 is 0. The third-order valence-corrected chi connectivity index (χ3v) is 5.32. The van der Waals surface area contributed by atoms with E-state index in [1.165, 1.54) is 24.3 Å². The molecule has 9 nitrogen and oxygen atoms in total. The fourth-order valence-corrected chi connectivity index (χ4v) is 3.40. The van der Waals surface area contributed by atoms with Crippen LogP contribution in [-0.4, -0.2) is 37.7 Å². The lowest BCUT2D eigenvalue weighted by molar-refractivity contribution is -0.133. The minimum atomic E-state index is -3.84. The Morgan fingerprint density at radius 1 is 1.11 bits per heavy atom. The van der Waals surface area contributed by atoms with Crippen LogP contribution in [0.4, 0.5) is 10.5 Å². The summed E-state index contributed by atoms with van der Waals surface area (Å²) in [5.74, 6) is -1.15. The number of hydrogen-bond acceptors (Lipinski definition) is 5. The Hall–Kier alpha value is -3.24. The van der Waals surface area contributed by atoms with Gasteiger partial charge in [-0.2, -0.15) is 0 Å². The molecule has 28 heavy (non-hydrogen) atoms. The number of nitrogens with one attached hydrogen (secondary N) is 2. The number of imide groups is 1. The van der Waals surface area contributed by atoms with Crippen LogP contribution in [0.1, 0.15) is 12.5 Å². The molecule has 0 saturated carbocycles. The molecule has 0 aliphatic carbocycles. The van der Waals surface area contributed by atoms with Gasteiger partial charge in [0.05, 0.1) is 4.90 Å². The first-order valence-corrected chi connectivity index (χ1v) is 9.78. The van der Waals surface area contributed by atoms with Crippen molar-refractivity contribution in [3.63, 3.8) is 0 Å². The standard InChI is InChI=1S/C18H18N4O5S/c1-18(12-5-3-2-4-6-12)16(24)22(17(25)21-18)11-15(23)20-13-7-9-14(10-8-13)28(19,26)27/h2-10H,11H2,1H3,(H,20,23)(H,21,25)(H2,19,26,27)/t18-/m1/s1.